The van der Waals surface area contributed by atoms with Crippen molar-refractivity contribution in [1.29, 1.82) is 0 Å². The highest BCUT2D eigenvalue weighted by Gasteiger charge is 2.30. The van der Waals surface area contributed by atoms with E-state index in [1.165, 1.54) is 6.07 Å². The Morgan fingerprint density at radius 3 is 2.72 bits per heavy atom. The van der Waals surface area contributed by atoms with Crippen LogP contribution in [0.3, 0.4) is 0 Å². The minimum absolute atomic E-state index is 0.0473. The van der Waals surface area contributed by atoms with Crippen molar-refractivity contribution in [2.75, 3.05) is 36.2 Å². The monoisotopic (exact) mass is 268 g/mol. The molecule has 3 nitrogen and oxygen atoms in total. The molecule has 0 aliphatic carbocycles. The summed E-state index contributed by atoms with van der Waals surface area (Å²) >= 11 is 4.21. The summed E-state index contributed by atoms with van der Waals surface area (Å²) in [6, 6.07) is 4.91. The first-order chi connectivity index (χ1) is 8.52. The molecule has 1 amide bonds. The van der Waals surface area contributed by atoms with Crippen molar-refractivity contribution in [3.05, 3.63) is 24.0 Å². The Balaban J connectivity index is 2.25. The first kappa shape index (κ1) is 13.2. The molecule has 0 spiro atoms. The molecule has 18 heavy (non-hydrogen) atoms. The number of carbonyl (C=O) groups is 1. The van der Waals surface area contributed by atoms with E-state index in [0.717, 1.165) is 0 Å². The van der Waals surface area contributed by atoms with E-state index >= 15 is 0 Å². The molecule has 1 unspecified atom stereocenters. The lowest BCUT2D eigenvalue weighted by Gasteiger charge is -2.19. The van der Waals surface area contributed by atoms with Gasteiger partial charge in [-0.15, -0.1) is 0 Å². The van der Waals surface area contributed by atoms with E-state index in [4.69, 9.17) is 0 Å². The van der Waals surface area contributed by atoms with Crippen molar-refractivity contribution in [3.8, 4) is 0 Å². The Kier molecular flexibility index (Phi) is 3.80. The maximum Gasteiger partial charge on any atom is 0.227 e. The van der Waals surface area contributed by atoms with Crippen LogP contribution in [0.5, 0.6) is 0 Å². The Labute approximate surface area is 112 Å². The van der Waals surface area contributed by atoms with Gasteiger partial charge in [-0.1, -0.05) is 0 Å². The van der Waals surface area contributed by atoms with Crippen molar-refractivity contribution >= 4 is 29.9 Å². The van der Waals surface area contributed by atoms with E-state index in [9.17, 15) is 9.18 Å². The Hall–Kier alpha value is -1.23. The summed E-state index contributed by atoms with van der Waals surface area (Å²) in [5.74, 6) is 0.684. The minimum atomic E-state index is -0.306. The van der Waals surface area contributed by atoms with Crippen molar-refractivity contribution in [1.82, 2.24) is 0 Å². The van der Waals surface area contributed by atoms with Gasteiger partial charge in [0.2, 0.25) is 5.91 Å². The van der Waals surface area contributed by atoms with Gasteiger partial charge in [0.1, 0.15) is 5.82 Å². The number of amides is 1. The SMILES string of the molecule is CN(C)c1ccc(N2CC(CS)CC2=O)cc1F. The molecule has 1 heterocycles. The molecule has 98 valence electrons. The average Bonchev–Trinajstić information content (AvgIpc) is 2.70. The minimum Gasteiger partial charge on any atom is -0.375 e. The van der Waals surface area contributed by atoms with Crippen molar-refractivity contribution in [2.45, 2.75) is 6.42 Å². The zero-order valence-electron chi connectivity index (χ0n) is 10.6. The predicted molar refractivity (Wildman–Crippen MR) is 75.0 cm³/mol. The van der Waals surface area contributed by atoms with Crippen LogP contribution in [-0.2, 0) is 4.79 Å². The lowest BCUT2D eigenvalue weighted by Crippen LogP contribution is -2.25. The topological polar surface area (TPSA) is 23.6 Å². The molecule has 0 radical (unpaired) electrons. The van der Waals surface area contributed by atoms with Crippen LogP contribution in [0.25, 0.3) is 0 Å². The molecule has 0 N–H and O–H groups in total. The quantitative estimate of drug-likeness (QED) is 0.849. The fourth-order valence-corrected chi connectivity index (χ4v) is 2.42. The van der Waals surface area contributed by atoms with E-state index in [0.29, 0.717) is 30.1 Å². The Morgan fingerprint density at radius 1 is 1.50 bits per heavy atom. The van der Waals surface area contributed by atoms with Gasteiger partial charge in [0.25, 0.3) is 0 Å². The number of thiol groups is 1. The van der Waals surface area contributed by atoms with E-state index in [2.05, 4.69) is 12.6 Å². The molecule has 1 fully saturated rings. The summed E-state index contributed by atoms with van der Waals surface area (Å²) < 4.78 is 13.9. The van der Waals surface area contributed by atoms with E-state index < -0.39 is 0 Å². The summed E-state index contributed by atoms with van der Waals surface area (Å²) in [6.07, 6.45) is 0.501. The second kappa shape index (κ2) is 5.18. The van der Waals surface area contributed by atoms with Crippen LogP contribution in [0.2, 0.25) is 0 Å². The van der Waals surface area contributed by atoms with Gasteiger partial charge in [-0.05, 0) is 29.9 Å². The smallest absolute Gasteiger partial charge is 0.227 e. The number of benzene rings is 1. The zero-order chi connectivity index (χ0) is 13.3. The highest BCUT2D eigenvalue weighted by molar-refractivity contribution is 7.80. The van der Waals surface area contributed by atoms with Crippen molar-refractivity contribution < 1.29 is 9.18 Å². The summed E-state index contributed by atoms with van der Waals surface area (Å²) in [7, 11) is 3.58. The molecular formula is C13H17FN2OS. The number of nitrogens with zero attached hydrogens (tertiary/aromatic N) is 2. The highest BCUT2D eigenvalue weighted by atomic mass is 32.1. The zero-order valence-corrected chi connectivity index (χ0v) is 11.5. The normalized spacial score (nSPS) is 19.4. The molecule has 2 rings (SSSR count). The second-order valence-corrected chi connectivity index (χ2v) is 5.15. The predicted octanol–water partition coefficient (Wildman–Crippen LogP) is 2.17. The molecule has 1 saturated heterocycles. The fraction of sp³-hybridized carbons (Fsp3) is 0.462. The summed E-state index contributed by atoms with van der Waals surface area (Å²) in [4.78, 5) is 15.2. The van der Waals surface area contributed by atoms with Gasteiger partial charge in [-0.25, -0.2) is 4.39 Å². The number of halogens is 1. The lowest BCUT2D eigenvalue weighted by atomic mass is 10.1. The first-order valence-corrected chi connectivity index (χ1v) is 6.54. The molecule has 0 aromatic heterocycles. The molecule has 0 bridgehead atoms. The van der Waals surface area contributed by atoms with Gasteiger partial charge >= 0.3 is 0 Å². The van der Waals surface area contributed by atoms with Gasteiger partial charge < -0.3 is 9.80 Å². The summed E-state index contributed by atoms with van der Waals surface area (Å²) in [6.45, 7) is 0.628. The Morgan fingerprint density at radius 2 is 2.22 bits per heavy atom. The standard InChI is InChI=1S/C13H17FN2OS/c1-15(2)12-4-3-10(6-11(12)14)16-7-9(8-18)5-13(16)17/h3-4,6,9,18H,5,7-8H2,1-2H3. The van der Waals surface area contributed by atoms with Crippen LogP contribution in [0, 0.1) is 11.7 Å². The van der Waals surface area contributed by atoms with E-state index in [-0.39, 0.29) is 17.6 Å². The number of hydrogen-bond donors (Lipinski definition) is 1. The largest absolute Gasteiger partial charge is 0.375 e. The van der Waals surface area contributed by atoms with Crippen LogP contribution in [0.1, 0.15) is 6.42 Å². The second-order valence-electron chi connectivity index (χ2n) is 4.79. The maximum atomic E-state index is 13.9. The van der Waals surface area contributed by atoms with Gasteiger partial charge in [0.05, 0.1) is 5.69 Å². The van der Waals surface area contributed by atoms with Crippen LogP contribution >= 0.6 is 12.6 Å². The molecule has 1 aromatic carbocycles. The third kappa shape index (κ3) is 2.46. The molecule has 1 aliphatic rings. The maximum absolute atomic E-state index is 13.9. The van der Waals surface area contributed by atoms with Crippen LogP contribution in [0.4, 0.5) is 15.8 Å². The van der Waals surface area contributed by atoms with Crippen LogP contribution in [0.15, 0.2) is 18.2 Å². The van der Waals surface area contributed by atoms with Gasteiger partial charge in [0.15, 0.2) is 0 Å². The number of hydrogen-bond acceptors (Lipinski definition) is 3. The molecule has 1 atom stereocenters. The molecule has 1 aliphatic heterocycles. The summed E-state index contributed by atoms with van der Waals surface area (Å²) in [5, 5.41) is 0. The molecule has 5 heteroatoms. The molecule has 0 saturated carbocycles. The lowest BCUT2D eigenvalue weighted by molar-refractivity contribution is -0.117. The van der Waals surface area contributed by atoms with E-state index in [1.807, 2.05) is 0 Å². The van der Waals surface area contributed by atoms with Gasteiger partial charge in [-0.2, -0.15) is 12.6 Å². The number of rotatable bonds is 3. The summed E-state index contributed by atoms with van der Waals surface area (Å²) in [5.41, 5.74) is 1.16. The van der Waals surface area contributed by atoms with Gasteiger partial charge in [-0.3, -0.25) is 4.79 Å². The Bertz CT molecular complexity index is 464. The number of anilines is 2. The molecule has 1 aromatic rings. The fourth-order valence-electron chi connectivity index (χ4n) is 2.18. The number of carbonyl (C=O) groups excluding carboxylic acids is 1. The highest BCUT2D eigenvalue weighted by Crippen LogP contribution is 2.29. The van der Waals surface area contributed by atoms with E-state index in [1.54, 1.807) is 36.0 Å². The third-order valence-corrected chi connectivity index (χ3v) is 3.70. The van der Waals surface area contributed by atoms with Crippen LogP contribution < -0.4 is 9.80 Å². The third-order valence-electron chi connectivity index (χ3n) is 3.19. The first-order valence-electron chi connectivity index (χ1n) is 5.91. The van der Waals surface area contributed by atoms with Crippen LogP contribution in [-0.4, -0.2) is 32.3 Å². The average molecular weight is 268 g/mol. The van der Waals surface area contributed by atoms with Gasteiger partial charge in [0, 0.05) is 32.7 Å². The van der Waals surface area contributed by atoms with Crippen molar-refractivity contribution in [2.24, 2.45) is 5.92 Å². The molecular weight excluding hydrogens is 251 g/mol. The van der Waals surface area contributed by atoms with Crippen molar-refractivity contribution in [3.63, 3.8) is 0 Å².